The number of esters is 1. The van der Waals surface area contributed by atoms with Gasteiger partial charge in [-0.05, 0) is 31.0 Å². The molecule has 3 aromatic rings. The van der Waals surface area contributed by atoms with Gasteiger partial charge in [-0.2, -0.15) is 0 Å². The molecule has 0 spiro atoms. The summed E-state index contributed by atoms with van der Waals surface area (Å²) in [5, 5.41) is 3.76. The summed E-state index contributed by atoms with van der Waals surface area (Å²) in [5.41, 5.74) is 1.84. The molecule has 0 fully saturated rings. The average molecular weight is 351 g/mol. The quantitative estimate of drug-likeness (QED) is 0.658. The molecule has 0 saturated heterocycles. The monoisotopic (exact) mass is 351 g/mol. The second-order valence-electron chi connectivity index (χ2n) is 6.12. The van der Waals surface area contributed by atoms with E-state index in [0.29, 0.717) is 12.2 Å². The lowest BCUT2D eigenvalue weighted by Crippen LogP contribution is -2.31. The molecule has 1 atom stereocenters. The predicted octanol–water partition coefficient (Wildman–Crippen LogP) is 3.79. The first-order chi connectivity index (χ1) is 12.6. The molecule has 0 saturated carbocycles. The van der Waals surface area contributed by atoms with E-state index in [1.54, 1.807) is 0 Å². The Balaban J connectivity index is 1.43. The molecule has 2 aromatic carbocycles. The van der Waals surface area contributed by atoms with Crippen molar-refractivity contribution in [2.45, 2.75) is 25.8 Å². The highest BCUT2D eigenvalue weighted by molar-refractivity contribution is 5.81. The van der Waals surface area contributed by atoms with Gasteiger partial charge in [0.05, 0.1) is 6.04 Å². The van der Waals surface area contributed by atoms with Gasteiger partial charge in [-0.3, -0.25) is 9.59 Å². The summed E-state index contributed by atoms with van der Waals surface area (Å²) in [4.78, 5) is 23.8. The molecular formula is C21H21NO4. The van der Waals surface area contributed by atoms with Crippen LogP contribution in [0.25, 0.3) is 11.0 Å². The van der Waals surface area contributed by atoms with E-state index in [1.165, 1.54) is 0 Å². The van der Waals surface area contributed by atoms with Crippen molar-refractivity contribution in [3.05, 3.63) is 72.0 Å². The van der Waals surface area contributed by atoms with Crippen LogP contribution in [0.3, 0.4) is 0 Å². The molecular weight excluding hydrogens is 330 g/mol. The van der Waals surface area contributed by atoms with Gasteiger partial charge in [0, 0.05) is 11.8 Å². The van der Waals surface area contributed by atoms with Gasteiger partial charge >= 0.3 is 5.97 Å². The predicted molar refractivity (Wildman–Crippen MR) is 98.5 cm³/mol. The fraction of sp³-hybridized carbons (Fsp3) is 0.238. The lowest BCUT2D eigenvalue weighted by molar-refractivity contribution is -0.148. The molecule has 1 N–H and O–H groups in total. The largest absolute Gasteiger partial charge is 0.459 e. The van der Waals surface area contributed by atoms with Crippen molar-refractivity contribution in [2.24, 2.45) is 0 Å². The number of nitrogens with one attached hydrogen (secondary N) is 1. The molecule has 0 aliphatic rings. The number of furan rings is 1. The minimum absolute atomic E-state index is 0.246. The summed E-state index contributed by atoms with van der Waals surface area (Å²) in [6.07, 6.45) is 0.840. The maximum Gasteiger partial charge on any atom is 0.306 e. The molecule has 0 aliphatic carbocycles. The van der Waals surface area contributed by atoms with Crippen LogP contribution in [-0.2, 0) is 20.7 Å². The molecule has 0 unspecified atom stereocenters. The molecule has 5 nitrogen and oxygen atoms in total. The van der Waals surface area contributed by atoms with Gasteiger partial charge in [0.2, 0.25) is 0 Å². The highest BCUT2D eigenvalue weighted by atomic mass is 16.5. The van der Waals surface area contributed by atoms with Crippen LogP contribution in [0, 0.1) is 0 Å². The molecule has 0 radical (unpaired) electrons. The van der Waals surface area contributed by atoms with Crippen molar-refractivity contribution in [2.75, 3.05) is 6.61 Å². The second kappa shape index (κ2) is 8.34. The first-order valence-corrected chi connectivity index (χ1v) is 8.59. The van der Waals surface area contributed by atoms with Gasteiger partial charge in [-0.25, -0.2) is 0 Å². The van der Waals surface area contributed by atoms with E-state index in [-0.39, 0.29) is 30.9 Å². The van der Waals surface area contributed by atoms with Gasteiger partial charge in [0.25, 0.3) is 5.91 Å². The fourth-order valence-electron chi connectivity index (χ4n) is 2.68. The summed E-state index contributed by atoms with van der Waals surface area (Å²) < 4.78 is 10.8. The fourth-order valence-corrected chi connectivity index (χ4v) is 2.68. The minimum atomic E-state index is -0.389. The Morgan fingerprint density at radius 3 is 2.58 bits per heavy atom. The second-order valence-corrected chi connectivity index (χ2v) is 6.12. The number of para-hydroxylation sites is 1. The zero-order chi connectivity index (χ0) is 18.4. The summed E-state index contributed by atoms with van der Waals surface area (Å²) in [6.45, 7) is 1.53. The maximum absolute atomic E-state index is 12.0. The number of ether oxygens (including phenoxy) is 1. The van der Waals surface area contributed by atoms with Crippen LogP contribution in [0.1, 0.15) is 30.7 Å². The topological polar surface area (TPSA) is 68.5 Å². The van der Waals surface area contributed by atoms with E-state index < -0.39 is 0 Å². The lowest BCUT2D eigenvalue weighted by Gasteiger charge is -2.11. The van der Waals surface area contributed by atoms with Crippen molar-refractivity contribution < 1.29 is 18.7 Å². The Kier molecular flexibility index (Phi) is 5.69. The SMILES string of the molecule is C[C@@H](NC(=O)COC(=O)CCc1ccccc1)c1cc2ccccc2o1. The summed E-state index contributed by atoms with van der Waals surface area (Å²) in [6, 6.07) is 18.9. The Morgan fingerprint density at radius 1 is 1.08 bits per heavy atom. The van der Waals surface area contributed by atoms with Crippen molar-refractivity contribution in [3.8, 4) is 0 Å². The van der Waals surface area contributed by atoms with Gasteiger partial charge in [-0.15, -0.1) is 0 Å². The minimum Gasteiger partial charge on any atom is -0.459 e. The van der Waals surface area contributed by atoms with Crippen molar-refractivity contribution in [1.29, 1.82) is 0 Å². The highest BCUT2D eigenvalue weighted by Gasteiger charge is 2.15. The first kappa shape index (κ1) is 17.7. The Hall–Kier alpha value is -3.08. The smallest absolute Gasteiger partial charge is 0.306 e. The number of aryl methyl sites for hydroxylation is 1. The lowest BCUT2D eigenvalue weighted by atomic mass is 10.1. The normalized spacial score (nSPS) is 11.9. The van der Waals surface area contributed by atoms with Crippen LogP contribution in [0.5, 0.6) is 0 Å². The van der Waals surface area contributed by atoms with Crippen LogP contribution in [0.2, 0.25) is 0 Å². The van der Waals surface area contributed by atoms with E-state index >= 15 is 0 Å². The Bertz CT molecular complexity index is 852. The highest BCUT2D eigenvalue weighted by Crippen LogP contribution is 2.23. The zero-order valence-corrected chi connectivity index (χ0v) is 14.6. The Labute approximate surface area is 152 Å². The third-order valence-electron chi connectivity index (χ3n) is 4.07. The van der Waals surface area contributed by atoms with E-state index in [4.69, 9.17) is 9.15 Å². The maximum atomic E-state index is 12.0. The number of carbonyl (C=O) groups is 2. The van der Waals surface area contributed by atoms with Gasteiger partial charge in [0.15, 0.2) is 6.61 Å². The third-order valence-corrected chi connectivity index (χ3v) is 4.07. The van der Waals surface area contributed by atoms with Gasteiger partial charge in [-0.1, -0.05) is 48.5 Å². The van der Waals surface area contributed by atoms with E-state index in [9.17, 15) is 9.59 Å². The number of amides is 1. The number of carbonyl (C=O) groups excluding carboxylic acids is 2. The summed E-state index contributed by atoms with van der Waals surface area (Å²) in [7, 11) is 0. The van der Waals surface area contributed by atoms with E-state index in [2.05, 4.69) is 5.32 Å². The summed E-state index contributed by atoms with van der Waals surface area (Å²) in [5.74, 6) is -0.0821. The van der Waals surface area contributed by atoms with Crippen LogP contribution in [0.15, 0.2) is 65.1 Å². The van der Waals surface area contributed by atoms with Crippen LogP contribution in [-0.4, -0.2) is 18.5 Å². The number of rotatable bonds is 7. The van der Waals surface area contributed by atoms with Crippen LogP contribution in [0.4, 0.5) is 0 Å². The van der Waals surface area contributed by atoms with E-state index in [0.717, 1.165) is 16.5 Å². The molecule has 1 aromatic heterocycles. The van der Waals surface area contributed by atoms with Crippen molar-refractivity contribution in [3.63, 3.8) is 0 Å². The standard InChI is InChI=1S/C21H21NO4/c1-15(19-13-17-9-5-6-10-18(17)26-19)22-20(23)14-25-21(24)12-11-16-7-3-2-4-8-16/h2-10,13,15H,11-12,14H2,1H3,(H,22,23)/t15-/m1/s1. The number of benzene rings is 2. The van der Waals surface area contributed by atoms with Crippen molar-refractivity contribution in [1.82, 2.24) is 5.32 Å². The first-order valence-electron chi connectivity index (χ1n) is 8.59. The Morgan fingerprint density at radius 2 is 1.81 bits per heavy atom. The number of hydrogen-bond acceptors (Lipinski definition) is 4. The van der Waals surface area contributed by atoms with Gasteiger partial charge < -0.3 is 14.5 Å². The third kappa shape index (κ3) is 4.72. The zero-order valence-electron chi connectivity index (χ0n) is 14.6. The van der Waals surface area contributed by atoms with E-state index in [1.807, 2.05) is 67.6 Å². The molecule has 134 valence electrons. The van der Waals surface area contributed by atoms with Crippen LogP contribution >= 0.6 is 0 Å². The van der Waals surface area contributed by atoms with Crippen molar-refractivity contribution >= 4 is 22.8 Å². The molecule has 26 heavy (non-hydrogen) atoms. The van der Waals surface area contributed by atoms with Gasteiger partial charge in [0.1, 0.15) is 11.3 Å². The van der Waals surface area contributed by atoms with Crippen LogP contribution < -0.4 is 5.32 Å². The molecule has 0 aliphatic heterocycles. The average Bonchev–Trinajstić information content (AvgIpc) is 3.10. The molecule has 0 bridgehead atoms. The number of hydrogen-bond donors (Lipinski definition) is 1. The molecule has 1 amide bonds. The molecule has 3 rings (SSSR count). The summed E-state index contributed by atoms with van der Waals surface area (Å²) >= 11 is 0. The molecule has 1 heterocycles. The number of fused-ring (bicyclic) bond motifs is 1. The molecule has 5 heteroatoms.